The lowest BCUT2D eigenvalue weighted by molar-refractivity contribution is 0.281. The summed E-state index contributed by atoms with van der Waals surface area (Å²) in [6, 6.07) is 26.6. The smallest absolute Gasteiger partial charge is 0.149 e. The molecule has 0 radical (unpaired) electrons. The van der Waals surface area contributed by atoms with Crippen LogP contribution in [-0.4, -0.2) is 16.7 Å². The zero-order chi connectivity index (χ0) is 20.3. The Bertz CT molecular complexity index is 1130. The molecular weight excluding hydrogens is 412 g/mol. The van der Waals surface area contributed by atoms with Crippen LogP contribution in [0.15, 0.2) is 78.9 Å². The second kappa shape index (κ2) is 9.39. The Morgan fingerprint density at radius 1 is 0.903 bits per heavy atom. The summed E-state index contributed by atoms with van der Waals surface area (Å²) < 4.78 is 13.5. The highest BCUT2D eigenvalue weighted by Gasteiger charge is 2.29. The molecule has 2 heterocycles. The van der Waals surface area contributed by atoms with E-state index in [1.165, 1.54) is 5.56 Å². The quantitative estimate of drug-likeness (QED) is 0.455. The van der Waals surface area contributed by atoms with E-state index < -0.39 is 0 Å². The van der Waals surface area contributed by atoms with E-state index >= 15 is 0 Å². The summed E-state index contributed by atoms with van der Waals surface area (Å²) in [6.45, 7) is 0.384. The van der Waals surface area contributed by atoms with E-state index in [0.29, 0.717) is 6.61 Å². The summed E-state index contributed by atoms with van der Waals surface area (Å²) >= 11 is 0. The van der Waals surface area contributed by atoms with Crippen LogP contribution in [0.25, 0.3) is 11.0 Å². The van der Waals surface area contributed by atoms with Crippen molar-refractivity contribution >= 4 is 23.4 Å². The number of benzene rings is 3. The number of methoxy groups -OCH3 is 1. The molecule has 2 unspecified atom stereocenters. The fraction of sp³-hybridized carbons (Fsp3) is 0.208. The average molecular weight is 437 g/mol. The highest BCUT2D eigenvalue weighted by Crippen LogP contribution is 2.31. The van der Waals surface area contributed by atoms with Crippen LogP contribution in [-0.2, 0) is 6.61 Å². The fourth-order valence-electron chi connectivity index (χ4n) is 3.98. The number of aromatic nitrogens is 2. The van der Waals surface area contributed by atoms with Gasteiger partial charge in [-0.2, -0.15) is 0 Å². The first-order valence-corrected chi connectivity index (χ1v) is 10.1. The van der Waals surface area contributed by atoms with Crippen molar-refractivity contribution in [2.75, 3.05) is 7.11 Å². The monoisotopic (exact) mass is 436 g/mol. The van der Waals surface area contributed by atoms with Crippen LogP contribution in [0.5, 0.6) is 11.5 Å². The number of nitrogens with zero attached hydrogens (tertiary/aromatic N) is 2. The van der Waals surface area contributed by atoms with Gasteiger partial charge in [-0.15, -0.1) is 12.4 Å². The van der Waals surface area contributed by atoms with E-state index in [4.69, 9.17) is 14.5 Å². The largest absolute Gasteiger partial charge is 0.497 e. The first-order valence-electron chi connectivity index (χ1n) is 10.1. The van der Waals surface area contributed by atoms with Crippen molar-refractivity contribution in [3.8, 4) is 11.5 Å². The minimum atomic E-state index is 0. The summed E-state index contributed by atoms with van der Waals surface area (Å²) in [6.07, 6.45) is 0.997. The first kappa shape index (κ1) is 21.2. The van der Waals surface area contributed by atoms with Crippen molar-refractivity contribution < 1.29 is 9.47 Å². The minimum absolute atomic E-state index is 0. The van der Waals surface area contributed by atoms with Crippen LogP contribution >= 0.6 is 12.4 Å². The number of fused-ring (bicyclic) bond motifs is 1. The number of imidazole rings is 1. The van der Waals surface area contributed by atoms with Crippen LogP contribution in [0.4, 0.5) is 0 Å². The normalized spacial score (nSPS) is 18.0. The number of hydrogen-bond acceptors (Lipinski definition) is 5. The molecule has 1 aromatic heterocycles. The number of nitrogens with one attached hydrogen (secondary N) is 2. The standard InChI is InChI=1S/C24H24N4O2.ClH/c1-29-18-11-13-19(14-12-18)30-16-24-25-20-9-5-6-10-22(20)28(24)23-15-21(26-27-23)17-7-3-2-4-8-17;/h2-14,21,23,26-27H,15-16H2,1H3;1H. The van der Waals surface area contributed by atoms with Gasteiger partial charge in [0.05, 0.1) is 18.1 Å². The maximum absolute atomic E-state index is 6.05. The van der Waals surface area contributed by atoms with E-state index in [0.717, 1.165) is 34.8 Å². The molecule has 31 heavy (non-hydrogen) atoms. The molecule has 0 aliphatic carbocycles. The van der Waals surface area contributed by atoms with Crippen LogP contribution in [0.1, 0.15) is 30.0 Å². The Kier molecular flexibility index (Phi) is 6.42. The van der Waals surface area contributed by atoms with Crippen molar-refractivity contribution in [1.29, 1.82) is 0 Å². The molecule has 2 N–H and O–H groups in total. The second-order valence-corrected chi connectivity index (χ2v) is 7.35. The van der Waals surface area contributed by atoms with Gasteiger partial charge in [-0.25, -0.2) is 15.8 Å². The minimum Gasteiger partial charge on any atom is -0.497 e. The Morgan fingerprint density at radius 2 is 1.61 bits per heavy atom. The number of ether oxygens (including phenoxy) is 2. The van der Waals surface area contributed by atoms with Gasteiger partial charge in [0.1, 0.15) is 30.1 Å². The van der Waals surface area contributed by atoms with Crippen molar-refractivity contribution in [3.63, 3.8) is 0 Å². The van der Waals surface area contributed by atoms with Crippen LogP contribution < -0.4 is 20.3 Å². The lowest BCUT2D eigenvalue weighted by atomic mass is 10.0. The van der Waals surface area contributed by atoms with Gasteiger partial charge in [-0.05, 0) is 42.0 Å². The van der Waals surface area contributed by atoms with Crippen molar-refractivity contribution in [3.05, 3.63) is 90.3 Å². The molecule has 0 bridgehead atoms. The molecule has 7 heteroatoms. The molecule has 4 aromatic rings. The zero-order valence-electron chi connectivity index (χ0n) is 17.2. The van der Waals surface area contributed by atoms with Gasteiger partial charge >= 0.3 is 0 Å². The van der Waals surface area contributed by atoms with E-state index in [2.05, 4.69) is 45.8 Å². The summed E-state index contributed by atoms with van der Waals surface area (Å²) in [5.74, 6) is 2.48. The molecule has 2 atom stereocenters. The van der Waals surface area contributed by atoms with Crippen LogP contribution in [0.3, 0.4) is 0 Å². The van der Waals surface area contributed by atoms with Gasteiger partial charge in [0, 0.05) is 12.5 Å². The lowest BCUT2D eigenvalue weighted by Crippen LogP contribution is -2.30. The van der Waals surface area contributed by atoms with Crippen molar-refractivity contribution in [2.24, 2.45) is 0 Å². The maximum Gasteiger partial charge on any atom is 0.149 e. The van der Waals surface area contributed by atoms with Crippen molar-refractivity contribution in [1.82, 2.24) is 20.4 Å². The summed E-state index contributed by atoms with van der Waals surface area (Å²) in [5.41, 5.74) is 10.2. The molecular formula is C24H25ClN4O2. The molecule has 1 saturated heterocycles. The molecule has 3 aromatic carbocycles. The predicted molar refractivity (Wildman–Crippen MR) is 123 cm³/mol. The van der Waals surface area contributed by atoms with E-state index in [1.807, 2.05) is 48.5 Å². The molecule has 0 saturated carbocycles. The summed E-state index contributed by atoms with van der Waals surface area (Å²) in [7, 11) is 1.66. The third kappa shape index (κ3) is 4.37. The number of hydrazine groups is 1. The number of para-hydroxylation sites is 2. The van der Waals surface area contributed by atoms with Gasteiger partial charge in [0.15, 0.2) is 0 Å². The summed E-state index contributed by atoms with van der Waals surface area (Å²) in [5, 5.41) is 0. The van der Waals surface area contributed by atoms with Gasteiger partial charge in [-0.3, -0.25) is 0 Å². The molecule has 1 fully saturated rings. The molecule has 5 rings (SSSR count). The van der Waals surface area contributed by atoms with Gasteiger partial charge in [0.25, 0.3) is 0 Å². The third-order valence-electron chi connectivity index (χ3n) is 5.49. The van der Waals surface area contributed by atoms with Gasteiger partial charge in [0.2, 0.25) is 0 Å². The second-order valence-electron chi connectivity index (χ2n) is 7.35. The maximum atomic E-state index is 6.05. The van der Waals surface area contributed by atoms with Gasteiger partial charge in [-0.1, -0.05) is 42.5 Å². The van der Waals surface area contributed by atoms with Crippen molar-refractivity contribution in [2.45, 2.75) is 25.2 Å². The highest BCUT2D eigenvalue weighted by molar-refractivity contribution is 5.85. The molecule has 0 amide bonds. The zero-order valence-corrected chi connectivity index (χ0v) is 18.0. The van der Waals surface area contributed by atoms with Crippen LogP contribution in [0.2, 0.25) is 0 Å². The molecule has 1 aliphatic rings. The average Bonchev–Trinajstić information content (AvgIpc) is 3.43. The molecule has 1 aliphatic heterocycles. The first-order chi connectivity index (χ1) is 14.8. The Balaban J connectivity index is 0.00000231. The van der Waals surface area contributed by atoms with E-state index in [-0.39, 0.29) is 24.6 Å². The van der Waals surface area contributed by atoms with Crippen LogP contribution in [0, 0.1) is 0 Å². The predicted octanol–water partition coefficient (Wildman–Crippen LogP) is 4.78. The SMILES string of the molecule is COc1ccc(OCc2nc3ccccc3n2C2CC(c3ccccc3)NN2)cc1.Cl. The van der Waals surface area contributed by atoms with Gasteiger partial charge < -0.3 is 14.0 Å². The topological polar surface area (TPSA) is 60.3 Å². The number of halogens is 1. The van der Waals surface area contributed by atoms with E-state index in [9.17, 15) is 0 Å². The number of hydrogen-bond donors (Lipinski definition) is 2. The Hall–Kier alpha value is -3.06. The molecule has 0 spiro atoms. The fourth-order valence-corrected chi connectivity index (χ4v) is 3.98. The Labute approximate surface area is 187 Å². The molecule has 160 valence electrons. The third-order valence-corrected chi connectivity index (χ3v) is 5.49. The molecule has 6 nitrogen and oxygen atoms in total. The number of rotatable bonds is 6. The highest BCUT2D eigenvalue weighted by atomic mass is 35.5. The lowest BCUT2D eigenvalue weighted by Gasteiger charge is -2.17. The Morgan fingerprint density at radius 3 is 2.39 bits per heavy atom. The summed E-state index contributed by atoms with van der Waals surface area (Å²) in [4.78, 5) is 4.85. The van der Waals surface area contributed by atoms with E-state index in [1.54, 1.807) is 7.11 Å².